The number of amides is 1. The fourth-order valence-corrected chi connectivity index (χ4v) is 2.42. The zero-order chi connectivity index (χ0) is 12.8. The van der Waals surface area contributed by atoms with Crippen LogP contribution in [0.25, 0.3) is 0 Å². The van der Waals surface area contributed by atoms with Gasteiger partial charge in [0.25, 0.3) is 5.91 Å². The summed E-state index contributed by atoms with van der Waals surface area (Å²) in [7, 11) is 0. The van der Waals surface area contributed by atoms with Gasteiger partial charge in [-0.1, -0.05) is 41.4 Å². The number of halogens is 2. The summed E-state index contributed by atoms with van der Waals surface area (Å²) in [4.78, 5) is 16.0. The third kappa shape index (κ3) is 5.50. The van der Waals surface area contributed by atoms with Crippen molar-refractivity contribution >= 4 is 33.4 Å². The van der Waals surface area contributed by atoms with Gasteiger partial charge in [0, 0.05) is 17.6 Å². The van der Waals surface area contributed by atoms with Gasteiger partial charge < -0.3 is 5.32 Å². The number of hydrogen-bond donors (Lipinski definition) is 1. The molecule has 1 rings (SSSR count). The monoisotopic (exact) mass is 318 g/mol. The highest BCUT2D eigenvalue weighted by Crippen LogP contribution is 2.12. The molecule has 0 aliphatic rings. The van der Waals surface area contributed by atoms with E-state index in [-0.39, 0.29) is 5.91 Å². The molecule has 5 heteroatoms. The molecule has 17 heavy (non-hydrogen) atoms. The normalized spacial score (nSPS) is 12.5. The summed E-state index contributed by atoms with van der Waals surface area (Å²) in [5, 5.41) is 3.36. The molecule has 1 amide bonds. The minimum absolute atomic E-state index is 0.171. The predicted octanol–water partition coefficient (Wildman–Crippen LogP) is 3.27. The van der Waals surface area contributed by atoms with Gasteiger partial charge >= 0.3 is 0 Å². The SMILES string of the molecule is CC(C)CC(Br)CNC(=O)c1ccc(Cl)cn1. The lowest BCUT2D eigenvalue weighted by molar-refractivity contribution is 0.0948. The number of rotatable bonds is 5. The molecule has 0 spiro atoms. The molecule has 0 aromatic carbocycles. The lowest BCUT2D eigenvalue weighted by Gasteiger charge is -2.12. The Morgan fingerprint density at radius 1 is 1.53 bits per heavy atom. The quantitative estimate of drug-likeness (QED) is 0.846. The first-order valence-corrected chi connectivity index (χ1v) is 6.82. The van der Waals surface area contributed by atoms with Crippen molar-refractivity contribution in [2.24, 2.45) is 5.92 Å². The maximum atomic E-state index is 11.7. The minimum Gasteiger partial charge on any atom is -0.350 e. The van der Waals surface area contributed by atoms with E-state index < -0.39 is 0 Å². The lowest BCUT2D eigenvalue weighted by Crippen LogP contribution is -2.30. The van der Waals surface area contributed by atoms with E-state index in [1.807, 2.05) is 0 Å². The third-order valence-corrected chi connectivity index (χ3v) is 3.09. The fourth-order valence-electron chi connectivity index (χ4n) is 1.40. The second-order valence-corrected chi connectivity index (χ2v) is 6.03. The van der Waals surface area contributed by atoms with Gasteiger partial charge in [-0.05, 0) is 24.5 Å². The molecular formula is C12H16BrClN2O. The maximum Gasteiger partial charge on any atom is 0.269 e. The van der Waals surface area contributed by atoms with Gasteiger partial charge in [0.05, 0.1) is 5.02 Å². The number of carbonyl (C=O) groups excluding carboxylic acids is 1. The van der Waals surface area contributed by atoms with Crippen molar-refractivity contribution in [1.29, 1.82) is 0 Å². The van der Waals surface area contributed by atoms with Crippen molar-refractivity contribution in [2.45, 2.75) is 25.1 Å². The largest absolute Gasteiger partial charge is 0.350 e. The summed E-state index contributed by atoms with van der Waals surface area (Å²) < 4.78 is 0. The fraction of sp³-hybridized carbons (Fsp3) is 0.500. The molecule has 3 nitrogen and oxygen atoms in total. The summed E-state index contributed by atoms with van der Waals surface area (Å²) in [5.41, 5.74) is 0.388. The molecule has 1 aromatic rings. The Morgan fingerprint density at radius 2 is 2.24 bits per heavy atom. The van der Waals surface area contributed by atoms with Crippen molar-refractivity contribution in [3.05, 3.63) is 29.0 Å². The van der Waals surface area contributed by atoms with E-state index in [0.29, 0.717) is 28.0 Å². The van der Waals surface area contributed by atoms with E-state index in [0.717, 1.165) is 6.42 Å². The summed E-state index contributed by atoms with van der Waals surface area (Å²) in [6.07, 6.45) is 2.49. The van der Waals surface area contributed by atoms with Crippen LogP contribution in [0.2, 0.25) is 5.02 Å². The molecule has 1 aromatic heterocycles. The number of carbonyl (C=O) groups is 1. The number of nitrogens with one attached hydrogen (secondary N) is 1. The number of alkyl halides is 1. The van der Waals surface area contributed by atoms with Crippen molar-refractivity contribution in [3.8, 4) is 0 Å². The predicted molar refractivity (Wildman–Crippen MR) is 73.8 cm³/mol. The van der Waals surface area contributed by atoms with Crippen molar-refractivity contribution in [1.82, 2.24) is 10.3 Å². The standard InChI is InChI=1S/C12H16BrClN2O/c1-8(2)5-9(13)6-16-12(17)11-4-3-10(14)7-15-11/h3-4,7-9H,5-6H2,1-2H3,(H,16,17). The molecule has 1 unspecified atom stereocenters. The molecular weight excluding hydrogens is 304 g/mol. The van der Waals surface area contributed by atoms with Gasteiger partial charge in [0.2, 0.25) is 0 Å². The minimum atomic E-state index is -0.171. The zero-order valence-corrected chi connectivity index (χ0v) is 12.3. The van der Waals surface area contributed by atoms with Crippen LogP contribution in [0.1, 0.15) is 30.8 Å². The van der Waals surface area contributed by atoms with E-state index >= 15 is 0 Å². The summed E-state index contributed by atoms with van der Waals surface area (Å²) >= 11 is 9.23. The van der Waals surface area contributed by atoms with E-state index in [1.54, 1.807) is 12.1 Å². The molecule has 0 aliphatic heterocycles. The first kappa shape index (κ1) is 14.5. The van der Waals surface area contributed by atoms with Gasteiger partial charge in [0.1, 0.15) is 5.69 Å². The van der Waals surface area contributed by atoms with Gasteiger partial charge in [0.15, 0.2) is 0 Å². The van der Waals surface area contributed by atoms with E-state index in [2.05, 4.69) is 40.1 Å². The van der Waals surface area contributed by atoms with Crippen molar-refractivity contribution in [3.63, 3.8) is 0 Å². The molecule has 1 heterocycles. The van der Waals surface area contributed by atoms with Crippen LogP contribution in [0.3, 0.4) is 0 Å². The molecule has 1 N–H and O–H groups in total. The molecule has 94 valence electrons. The third-order valence-electron chi connectivity index (χ3n) is 2.17. The smallest absolute Gasteiger partial charge is 0.269 e. The van der Waals surface area contributed by atoms with Crippen LogP contribution in [0.4, 0.5) is 0 Å². The second-order valence-electron chi connectivity index (χ2n) is 4.30. The highest BCUT2D eigenvalue weighted by atomic mass is 79.9. The number of nitrogens with zero attached hydrogens (tertiary/aromatic N) is 1. The van der Waals surface area contributed by atoms with Crippen LogP contribution in [0, 0.1) is 5.92 Å². The van der Waals surface area contributed by atoms with E-state index in [1.165, 1.54) is 6.20 Å². The molecule has 1 atom stereocenters. The first-order chi connectivity index (χ1) is 7.99. The van der Waals surface area contributed by atoms with Gasteiger partial charge in [-0.25, -0.2) is 4.98 Å². The van der Waals surface area contributed by atoms with Crippen LogP contribution < -0.4 is 5.32 Å². The van der Waals surface area contributed by atoms with E-state index in [9.17, 15) is 4.79 Å². The van der Waals surface area contributed by atoms with Crippen LogP contribution in [0.5, 0.6) is 0 Å². The lowest BCUT2D eigenvalue weighted by atomic mass is 10.1. The van der Waals surface area contributed by atoms with Gasteiger partial charge in [-0.15, -0.1) is 0 Å². The molecule has 0 fully saturated rings. The van der Waals surface area contributed by atoms with Crippen molar-refractivity contribution < 1.29 is 4.79 Å². The van der Waals surface area contributed by atoms with Crippen LogP contribution in [-0.2, 0) is 0 Å². The van der Waals surface area contributed by atoms with Gasteiger partial charge in [-0.3, -0.25) is 4.79 Å². The Kier molecular flexibility index (Phi) is 5.92. The number of hydrogen-bond acceptors (Lipinski definition) is 2. The maximum absolute atomic E-state index is 11.7. The molecule has 0 saturated carbocycles. The molecule has 0 radical (unpaired) electrons. The first-order valence-electron chi connectivity index (χ1n) is 5.53. The average molecular weight is 320 g/mol. The van der Waals surface area contributed by atoms with Gasteiger partial charge in [-0.2, -0.15) is 0 Å². The van der Waals surface area contributed by atoms with Crippen LogP contribution >= 0.6 is 27.5 Å². The summed E-state index contributed by atoms with van der Waals surface area (Å²) in [6.45, 7) is 4.90. The highest BCUT2D eigenvalue weighted by molar-refractivity contribution is 9.09. The Morgan fingerprint density at radius 3 is 2.76 bits per heavy atom. The molecule has 0 aliphatic carbocycles. The van der Waals surface area contributed by atoms with E-state index in [4.69, 9.17) is 11.6 Å². The Bertz CT molecular complexity index is 367. The Labute approximate surface area is 115 Å². The highest BCUT2D eigenvalue weighted by Gasteiger charge is 2.11. The number of aromatic nitrogens is 1. The number of pyridine rings is 1. The summed E-state index contributed by atoms with van der Waals surface area (Å²) in [6, 6.07) is 3.27. The topological polar surface area (TPSA) is 42.0 Å². The van der Waals surface area contributed by atoms with Crippen molar-refractivity contribution in [2.75, 3.05) is 6.54 Å². The Hall–Kier alpha value is -0.610. The Balaban J connectivity index is 2.42. The van der Waals surface area contributed by atoms with Crippen LogP contribution in [0.15, 0.2) is 18.3 Å². The zero-order valence-electron chi connectivity index (χ0n) is 9.91. The molecule has 0 bridgehead atoms. The average Bonchev–Trinajstić information content (AvgIpc) is 2.26. The van der Waals surface area contributed by atoms with Crippen LogP contribution in [-0.4, -0.2) is 22.3 Å². The summed E-state index contributed by atoms with van der Waals surface area (Å²) in [5.74, 6) is 0.430. The molecule has 0 saturated heterocycles. The second kappa shape index (κ2) is 6.97.